The summed E-state index contributed by atoms with van der Waals surface area (Å²) in [4.78, 5) is 23.8. The third kappa shape index (κ3) is 2.75. The SMILES string of the molecule is CCC(C)C(NC(=O)C1(C)CC1(Cl)Cl)C(=O)OC. The minimum absolute atomic E-state index is 0.0104. The number of amides is 1. The van der Waals surface area contributed by atoms with Gasteiger partial charge in [-0.05, 0) is 19.3 Å². The van der Waals surface area contributed by atoms with Gasteiger partial charge >= 0.3 is 5.97 Å². The number of methoxy groups -OCH3 is 1. The van der Waals surface area contributed by atoms with Gasteiger partial charge in [-0.2, -0.15) is 0 Å². The monoisotopic (exact) mass is 295 g/mol. The number of nitrogens with one attached hydrogen (secondary N) is 1. The van der Waals surface area contributed by atoms with Crippen LogP contribution in [0.1, 0.15) is 33.6 Å². The molecular weight excluding hydrogens is 277 g/mol. The van der Waals surface area contributed by atoms with E-state index in [2.05, 4.69) is 5.32 Å². The Hall–Kier alpha value is -0.480. The number of esters is 1. The normalized spacial score (nSPS) is 28.1. The summed E-state index contributed by atoms with van der Waals surface area (Å²) in [5.41, 5.74) is -0.824. The molecule has 0 spiro atoms. The summed E-state index contributed by atoms with van der Waals surface area (Å²) in [7, 11) is 1.30. The lowest BCUT2D eigenvalue weighted by Crippen LogP contribution is -2.48. The number of carbonyl (C=O) groups excluding carboxylic acids is 2. The van der Waals surface area contributed by atoms with E-state index in [4.69, 9.17) is 27.9 Å². The van der Waals surface area contributed by atoms with E-state index in [1.165, 1.54) is 7.11 Å². The molecule has 1 aliphatic carbocycles. The van der Waals surface area contributed by atoms with Crippen molar-refractivity contribution in [1.29, 1.82) is 0 Å². The molecule has 1 aliphatic rings. The van der Waals surface area contributed by atoms with E-state index in [0.29, 0.717) is 6.42 Å². The van der Waals surface area contributed by atoms with Crippen molar-refractivity contribution in [3.05, 3.63) is 0 Å². The van der Waals surface area contributed by atoms with Gasteiger partial charge in [0.25, 0.3) is 0 Å². The fourth-order valence-electron chi connectivity index (χ4n) is 1.74. The van der Waals surface area contributed by atoms with E-state index in [1.54, 1.807) is 6.92 Å². The van der Waals surface area contributed by atoms with Gasteiger partial charge in [-0.3, -0.25) is 4.79 Å². The second-order valence-electron chi connectivity index (χ2n) is 5.07. The van der Waals surface area contributed by atoms with Gasteiger partial charge in [0, 0.05) is 0 Å². The second-order valence-corrected chi connectivity index (χ2v) is 6.56. The highest BCUT2D eigenvalue weighted by Gasteiger charge is 2.68. The summed E-state index contributed by atoms with van der Waals surface area (Å²) >= 11 is 11.9. The van der Waals surface area contributed by atoms with Crippen LogP contribution in [0.5, 0.6) is 0 Å². The predicted octanol–water partition coefficient (Wildman–Crippen LogP) is 2.27. The molecule has 0 aromatic heterocycles. The van der Waals surface area contributed by atoms with Gasteiger partial charge in [-0.25, -0.2) is 4.79 Å². The van der Waals surface area contributed by atoms with Crippen molar-refractivity contribution in [2.24, 2.45) is 11.3 Å². The number of halogens is 2. The van der Waals surface area contributed by atoms with Crippen LogP contribution in [0.4, 0.5) is 0 Å². The highest BCUT2D eigenvalue weighted by molar-refractivity contribution is 6.53. The Morgan fingerprint density at radius 1 is 1.44 bits per heavy atom. The Morgan fingerprint density at radius 3 is 2.28 bits per heavy atom. The van der Waals surface area contributed by atoms with Crippen molar-refractivity contribution in [3.8, 4) is 0 Å². The number of hydrogen-bond acceptors (Lipinski definition) is 3. The molecule has 1 rings (SSSR count). The minimum Gasteiger partial charge on any atom is -0.467 e. The summed E-state index contributed by atoms with van der Waals surface area (Å²) < 4.78 is 3.67. The van der Waals surface area contributed by atoms with Gasteiger partial charge in [-0.1, -0.05) is 20.3 Å². The van der Waals surface area contributed by atoms with Gasteiger partial charge in [-0.15, -0.1) is 23.2 Å². The molecule has 104 valence electrons. The van der Waals surface area contributed by atoms with Crippen LogP contribution in [0.3, 0.4) is 0 Å². The van der Waals surface area contributed by atoms with Crippen molar-refractivity contribution in [1.82, 2.24) is 5.32 Å². The zero-order valence-corrected chi connectivity index (χ0v) is 12.6. The lowest BCUT2D eigenvalue weighted by atomic mass is 9.98. The van der Waals surface area contributed by atoms with Gasteiger partial charge in [0.2, 0.25) is 5.91 Å². The van der Waals surface area contributed by atoms with Crippen LogP contribution in [0.15, 0.2) is 0 Å². The van der Waals surface area contributed by atoms with Crippen LogP contribution in [-0.2, 0) is 14.3 Å². The molecule has 0 radical (unpaired) electrons. The fraction of sp³-hybridized carbons (Fsp3) is 0.833. The number of hydrogen-bond donors (Lipinski definition) is 1. The van der Waals surface area contributed by atoms with E-state index < -0.39 is 21.8 Å². The van der Waals surface area contributed by atoms with Crippen molar-refractivity contribution in [3.63, 3.8) is 0 Å². The summed E-state index contributed by atoms with van der Waals surface area (Å²) in [5, 5.41) is 2.69. The Kier molecular flexibility index (Phi) is 4.55. The van der Waals surface area contributed by atoms with Gasteiger partial charge in [0.15, 0.2) is 0 Å². The van der Waals surface area contributed by atoms with Crippen LogP contribution in [0.2, 0.25) is 0 Å². The number of alkyl halides is 2. The molecule has 1 saturated carbocycles. The molecule has 1 N–H and O–H groups in total. The molecule has 1 amide bonds. The number of rotatable bonds is 5. The standard InChI is InChI=1S/C12H19Cl2NO3/c1-5-7(2)8(9(16)18-4)15-10(17)11(3)6-12(11,13)14/h7-8H,5-6H2,1-4H3,(H,15,17). The molecule has 0 aromatic rings. The molecule has 3 unspecified atom stereocenters. The summed E-state index contributed by atoms with van der Waals surface area (Å²) in [6, 6.07) is -0.658. The largest absolute Gasteiger partial charge is 0.467 e. The first kappa shape index (κ1) is 15.6. The van der Waals surface area contributed by atoms with Gasteiger partial charge in [0.1, 0.15) is 10.4 Å². The van der Waals surface area contributed by atoms with Crippen LogP contribution in [0.25, 0.3) is 0 Å². The highest BCUT2D eigenvalue weighted by atomic mass is 35.5. The van der Waals surface area contributed by atoms with Gasteiger partial charge in [0.05, 0.1) is 12.5 Å². The van der Waals surface area contributed by atoms with Crippen LogP contribution >= 0.6 is 23.2 Å². The van der Waals surface area contributed by atoms with Crippen molar-refractivity contribution in [2.75, 3.05) is 7.11 Å². The summed E-state index contributed by atoms with van der Waals surface area (Å²) in [6.07, 6.45) is 1.15. The molecule has 0 bridgehead atoms. The summed E-state index contributed by atoms with van der Waals surface area (Å²) in [6.45, 7) is 5.51. The van der Waals surface area contributed by atoms with Crippen LogP contribution < -0.4 is 5.32 Å². The first-order chi connectivity index (χ1) is 8.19. The molecule has 1 fully saturated rings. The van der Waals surface area contributed by atoms with E-state index in [1.807, 2.05) is 13.8 Å². The maximum atomic E-state index is 12.1. The quantitative estimate of drug-likeness (QED) is 0.625. The maximum absolute atomic E-state index is 12.1. The molecule has 3 atom stereocenters. The molecule has 4 nitrogen and oxygen atoms in total. The zero-order valence-electron chi connectivity index (χ0n) is 11.0. The lowest BCUT2D eigenvalue weighted by molar-refractivity contribution is -0.147. The van der Waals surface area contributed by atoms with Crippen molar-refractivity contribution in [2.45, 2.75) is 44.0 Å². The Labute approximate surface area is 117 Å². The Balaban J connectivity index is 2.74. The van der Waals surface area contributed by atoms with Crippen molar-refractivity contribution >= 4 is 35.1 Å². The molecular formula is C12H19Cl2NO3. The molecule has 0 aliphatic heterocycles. The minimum atomic E-state index is -1.03. The van der Waals surface area contributed by atoms with Crippen molar-refractivity contribution < 1.29 is 14.3 Å². The first-order valence-electron chi connectivity index (χ1n) is 5.96. The van der Waals surface area contributed by atoms with E-state index in [0.717, 1.165) is 6.42 Å². The Bertz CT molecular complexity index is 359. The second kappa shape index (κ2) is 5.25. The molecule has 0 saturated heterocycles. The average molecular weight is 296 g/mol. The Morgan fingerprint density at radius 2 is 1.94 bits per heavy atom. The summed E-state index contributed by atoms with van der Waals surface area (Å²) in [5.74, 6) is -0.760. The highest BCUT2D eigenvalue weighted by Crippen LogP contribution is 2.63. The van der Waals surface area contributed by atoms with E-state index in [-0.39, 0.29) is 11.8 Å². The van der Waals surface area contributed by atoms with E-state index >= 15 is 0 Å². The van der Waals surface area contributed by atoms with Gasteiger partial charge < -0.3 is 10.1 Å². The van der Waals surface area contributed by atoms with Crippen LogP contribution in [-0.4, -0.2) is 29.4 Å². The maximum Gasteiger partial charge on any atom is 0.328 e. The molecule has 0 aromatic carbocycles. The third-order valence-electron chi connectivity index (χ3n) is 3.71. The third-order valence-corrected chi connectivity index (χ3v) is 4.82. The first-order valence-corrected chi connectivity index (χ1v) is 6.72. The lowest BCUT2D eigenvalue weighted by Gasteiger charge is -2.24. The fourth-order valence-corrected chi connectivity index (χ4v) is 2.45. The predicted molar refractivity (Wildman–Crippen MR) is 70.6 cm³/mol. The van der Waals surface area contributed by atoms with E-state index in [9.17, 15) is 9.59 Å². The zero-order chi connectivity index (χ0) is 14.1. The molecule has 0 heterocycles. The van der Waals surface area contributed by atoms with Crippen LogP contribution in [0, 0.1) is 11.3 Å². The number of ether oxygens (including phenoxy) is 1. The molecule has 6 heteroatoms. The number of carbonyl (C=O) groups is 2. The topological polar surface area (TPSA) is 55.4 Å². The smallest absolute Gasteiger partial charge is 0.328 e. The average Bonchev–Trinajstić information content (AvgIpc) is 2.84. The molecule has 18 heavy (non-hydrogen) atoms.